The molecule has 0 bridgehead atoms. The number of nitrogens with one attached hydrogen (secondary N) is 1. The van der Waals surface area contributed by atoms with Crippen LogP contribution >= 0.6 is 24.0 Å². The molecule has 1 fully saturated rings. The Balaban J connectivity index is 0.00000400. The van der Waals surface area contributed by atoms with Gasteiger partial charge in [0.05, 0.1) is 6.10 Å². The molecule has 0 spiro atoms. The van der Waals surface area contributed by atoms with E-state index in [2.05, 4.69) is 22.1 Å². The summed E-state index contributed by atoms with van der Waals surface area (Å²) < 4.78 is 10.9. The molecule has 0 atom stereocenters. The van der Waals surface area contributed by atoms with Gasteiger partial charge in [-0.1, -0.05) is 13.3 Å². The number of halogens is 1. The molecule has 6 heteroatoms. The van der Waals surface area contributed by atoms with Crippen LogP contribution in [0.3, 0.4) is 0 Å². The van der Waals surface area contributed by atoms with Gasteiger partial charge in [0.25, 0.3) is 0 Å². The second-order valence-corrected chi connectivity index (χ2v) is 5.23. The highest BCUT2D eigenvalue weighted by molar-refractivity contribution is 14.0. The number of ether oxygens (including phenoxy) is 2. The summed E-state index contributed by atoms with van der Waals surface area (Å²) in [6.45, 7) is 6.86. The summed E-state index contributed by atoms with van der Waals surface area (Å²) in [5.74, 6) is 1.04. The van der Waals surface area contributed by atoms with Crippen molar-refractivity contribution in [3.63, 3.8) is 0 Å². The third-order valence-corrected chi connectivity index (χ3v) is 3.61. The molecule has 1 saturated heterocycles. The fraction of sp³-hybridized carbons (Fsp3) is 0.933. The largest absolute Gasteiger partial charge is 0.385 e. The molecular weight excluding hydrogens is 381 g/mol. The lowest BCUT2D eigenvalue weighted by Gasteiger charge is -2.34. The summed E-state index contributed by atoms with van der Waals surface area (Å²) in [6, 6.07) is 0. The van der Waals surface area contributed by atoms with Crippen LogP contribution in [-0.2, 0) is 9.47 Å². The molecule has 5 nitrogen and oxygen atoms in total. The number of rotatable bonds is 8. The van der Waals surface area contributed by atoms with Crippen LogP contribution in [0.15, 0.2) is 4.99 Å². The molecule has 0 unspecified atom stereocenters. The standard InChI is InChI=1S/C15H31N3O2.HI/c1-4-5-9-17-15(16-2)18-10-7-14(8-11-18)20-13-6-12-19-3;/h14H,4-13H2,1-3H3,(H,16,17);1H. The van der Waals surface area contributed by atoms with E-state index in [0.29, 0.717) is 6.10 Å². The van der Waals surface area contributed by atoms with Crippen molar-refractivity contribution >= 4 is 29.9 Å². The van der Waals surface area contributed by atoms with Crippen molar-refractivity contribution in [1.82, 2.24) is 10.2 Å². The quantitative estimate of drug-likeness (QED) is 0.288. The number of nitrogens with zero attached hydrogens (tertiary/aromatic N) is 2. The van der Waals surface area contributed by atoms with Crippen molar-refractivity contribution in [1.29, 1.82) is 0 Å². The van der Waals surface area contributed by atoms with Gasteiger partial charge in [-0.3, -0.25) is 4.99 Å². The lowest BCUT2D eigenvalue weighted by Crippen LogP contribution is -2.47. The molecule has 0 aromatic rings. The van der Waals surface area contributed by atoms with Gasteiger partial charge >= 0.3 is 0 Å². The Kier molecular flexibility index (Phi) is 13.5. The van der Waals surface area contributed by atoms with Gasteiger partial charge in [-0.15, -0.1) is 24.0 Å². The van der Waals surface area contributed by atoms with E-state index in [4.69, 9.17) is 9.47 Å². The molecular formula is C15H32IN3O2. The summed E-state index contributed by atoms with van der Waals surface area (Å²) in [4.78, 5) is 6.71. The molecule has 0 aliphatic carbocycles. The number of guanidine groups is 1. The van der Waals surface area contributed by atoms with Crippen molar-refractivity contribution in [3.05, 3.63) is 0 Å². The van der Waals surface area contributed by atoms with Crippen LogP contribution in [0, 0.1) is 0 Å². The van der Waals surface area contributed by atoms with Gasteiger partial charge in [-0.05, 0) is 25.7 Å². The van der Waals surface area contributed by atoms with Crippen molar-refractivity contribution < 1.29 is 9.47 Å². The number of methoxy groups -OCH3 is 1. The number of likely N-dealkylation sites (tertiary alicyclic amines) is 1. The Morgan fingerprint density at radius 3 is 2.52 bits per heavy atom. The van der Waals surface area contributed by atoms with E-state index >= 15 is 0 Å². The normalized spacial score (nSPS) is 16.7. The third kappa shape index (κ3) is 8.83. The molecule has 1 heterocycles. The monoisotopic (exact) mass is 413 g/mol. The van der Waals surface area contributed by atoms with Crippen molar-refractivity contribution in [2.24, 2.45) is 4.99 Å². The molecule has 0 aromatic carbocycles. The highest BCUT2D eigenvalue weighted by atomic mass is 127. The lowest BCUT2D eigenvalue weighted by atomic mass is 10.1. The van der Waals surface area contributed by atoms with Crippen molar-refractivity contribution in [2.45, 2.75) is 45.1 Å². The summed E-state index contributed by atoms with van der Waals surface area (Å²) >= 11 is 0. The average Bonchev–Trinajstić information content (AvgIpc) is 2.49. The number of hydrogen-bond donors (Lipinski definition) is 1. The van der Waals surface area contributed by atoms with Crippen LogP contribution < -0.4 is 5.32 Å². The topological polar surface area (TPSA) is 46.1 Å². The zero-order valence-corrected chi connectivity index (χ0v) is 16.1. The minimum atomic E-state index is 0. The first-order chi connectivity index (χ1) is 9.81. The van der Waals surface area contributed by atoms with Gasteiger partial charge in [0, 0.05) is 47.0 Å². The summed E-state index contributed by atoms with van der Waals surface area (Å²) in [5.41, 5.74) is 0. The number of aliphatic imine (C=N–C) groups is 1. The van der Waals surface area contributed by atoms with E-state index in [1.807, 2.05) is 7.05 Å². The minimum absolute atomic E-state index is 0. The molecule has 0 amide bonds. The van der Waals surface area contributed by atoms with Crippen LogP contribution in [0.1, 0.15) is 39.0 Å². The van der Waals surface area contributed by atoms with Gasteiger partial charge in [0.2, 0.25) is 0 Å². The Morgan fingerprint density at radius 2 is 1.95 bits per heavy atom. The summed E-state index contributed by atoms with van der Waals surface area (Å²) in [5, 5.41) is 3.43. The fourth-order valence-corrected chi connectivity index (χ4v) is 2.40. The Morgan fingerprint density at radius 1 is 1.24 bits per heavy atom. The average molecular weight is 413 g/mol. The zero-order valence-electron chi connectivity index (χ0n) is 13.8. The molecule has 1 aliphatic heterocycles. The molecule has 21 heavy (non-hydrogen) atoms. The smallest absolute Gasteiger partial charge is 0.193 e. The minimum Gasteiger partial charge on any atom is -0.385 e. The second kappa shape index (κ2) is 13.6. The Bertz CT molecular complexity index is 270. The van der Waals surface area contributed by atoms with Gasteiger partial charge in [-0.25, -0.2) is 0 Å². The van der Waals surface area contributed by atoms with E-state index in [0.717, 1.165) is 58.1 Å². The van der Waals surface area contributed by atoms with E-state index < -0.39 is 0 Å². The molecule has 0 aromatic heterocycles. The molecule has 1 aliphatic rings. The van der Waals surface area contributed by atoms with Crippen LogP contribution in [0.2, 0.25) is 0 Å². The van der Waals surface area contributed by atoms with Crippen LogP contribution in [-0.4, -0.2) is 64.0 Å². The van der Waals surface area contributed by atoms with Crippen LogP contribution in [0.5, 0.6) is 0 Å². The first kappa shape index (κ1) is 20.9. The summed E-state index contributed by atoms with van der Waals surface area (Å²) in [7, 11) is 3.59. The maximum atomic E-state index is 5.88. The molecule has 0 saturated carbocycles. The highest BCUT2D eigenvalue weighted by Gasteiger charge is 2.21. The van der Waals surface area contributed by atoms with E-state index in [-0.39, 0.29) is 24.0 Å². The van der Waals surface area contributed by atoms with E-state index in [1.165, 1.54) is 12.8 Å². The number of piperidine rings is 1. The lowest BCUT2D eigenvalue weighted by molar-refractivity contribution is 0.00991. The highest BCUT2D eigenvalue weighted by Crippen LogP contribution is 2.14. The number of unbranched alkanes of at least 4 members (excludes halogenated alkanes) is 1. The maximum Gasteiger partial charge on any atom is 0.193 e. The molecule has 126 valence electrons. The Hall–Kier alpha value is -0.0800. The van der Waals surface area contributed by atoms with E-state index in [9.17, 15) is 0 Å². The van der Waals surface area contributed by atoms with Gasteiger partial charge < -0.3 is 19.7 Å². The van der Waals surface area contributed by atoms with Gasteiger partial charge in [-0.2, -0.15) is 0 Å². The maximum absolute atomic E-state index is 5.88. The predicted molar refractivity (Wildman–Crippen MR) is 98.7 cm³/mol. The third-order valence-electron chi connectivity index (χ3n) is 3.61. The fourth-order valence-electron chi connectivity index (χ4n) is 2.40. The first-order valence-electron chi connectivity index (χ1n) is 7.88. The van der Waals surface area contributed by atoms with Gasteiger partial charge in [0.15, 0.2) is 5.96 Å². The molecule has 1 N–H and O–H groups in total. The SMILES string of the molecule is CCCCNC(=NC)N1CCC(OCCCOC)CC1.I. The van der Waals surface area contributed by atoms with Crippen LogP contribution in [0.25, 0.3) is 0 Å². The van der Waals surface area contributed by atoms with E-state index in [1.54, 1.807) is 7.11 Å². The molecule has 0 radical (unpaired) electrons. The zero-order chi connectivity index (χ0) is 14.6. The second-order valence-electron chi connectivity index (χ2n) is 5.23. The van der Waals surface area contributed by atoms with Gasteiger partial charge in [0.1, 0.15) is 0 Å². The molecule has 1 rings (SSSR count). The van der Waals surface area contributed by atoms with Crippen LogP contribution in [0.4, 0.5) is 0 Å². The van der Waals surface area contributed by atoms with Crippen molar-refractivity contribution in [3.8, 4) is 0 Å². The predicted octanol–water partition coefficient (Wildman–Crippen LogP) is 2.50. The Labute approximate surface area is 146 Å². The summed E-state index contributed by atoms with van der Waals surface area (Å²) in [6.07, 6.45) is 5.95. The van der Waals surface area contributed by atoms with Crippen molar-refractivity contribution in [2.75, 3.05) is 47.0 Å². The number of hydrogen-bond acceptors (Lipinski definition) is 3. The first-order valence-corrected chi connectivity index (χ1v) is 7.88.